The molecule has 0 aromatic rings. The Balaban J connectivity index is 1.99. The molecule has 0 aromatic heterocycles. The molecule has 1 heterocycles. The molecule has 2 rings (SSSR count). The summed E-state index contributed by atoms with van der Waals surface area (Å²) >= 11 is 0. The van der Waals surface area contributed by atoms with Crippen LogP contribution >= 0.6 is 0 Å². The molecule has 3 heteroatoms. The highest BCUT2D eigenvalue weighted by atomic mass is 16.4. The average molecular weight is 225 g/mol. The summed E-state index contributed by atoms with van der Waals surface area (Å²) < 4.78 is 0. The van der Waals surface area contributed by atoms with Gasteiger partial charge in [0, 0.05) is 6.04 Å². The van der Waals surface area contributed by atoms with Crippen molar-refractivity contribution in [2.45, 2.75) is 57.4 Å². The molecule has 2 fully saturated rings. The molecule has 2 aliphatic rings. The summed E-state index contributed by atoms with van der Waals surface area (Å²) in [7, 11) is 0. The molecule has 3 nitrogen and oxygen atoms in total. The fourth-order valence-electron chi connectivity index (χ4n) is 3.38. The number of rotatable bonds is 3. The maximum absolute atomic E-state index is 11.5. The number of carbonyl (C=O) groups is 1. The number of nitrogens with one attached hydrogen (secondary N) is 1. The SMILES string of the molecule is O=C(O)C(C1CCCCC1)C1CCCCN1. The minimum absolute atomic E-state index is 0.138. The van der Waals surface area contributed by atoms with E-state index in [2.05, 4.69) is 5.32 Å². The molecular weight excluding hydrogens is 202 g/mol. The van der Waals surface area contributed by atoms with Crippen molar-refractivity contribution in [3.63, 3.8) is 0 Å². The van der Waals surface area contributed by atoms with E-state index in [1.165, 1.54) is 32.1 Å². The summed E-state index contributed by atoms with van der Waals surface area (Å²) in [5, 5.41) is 12.9. The van der Waals surface area contributed by atoms with Crippen LogP contribution in [0.2, 0.25) is 0 Å². The smallest absolute Gasteiger partial charge is 0.308 e. The predicted molar refractivity (Wildman–Crippen MR) is 63.3 cm³/mol. The molecule has 2 N–H and O–H groups in total. The van der Waals surface area contributed by atoms with Crippen LogP contribution in [0.1, 0.15) is 51.4 Å². The van der Waals surface area contributed by atoms with Gasteiger partial charge in [0.25, 0.3) is 0 Å². The second kappa shape index (κ2) is 5.67. The van der Waals surface area contributed by atoms with Gasteiger partial charge in [-0.15, -0.1) is 0 Å². The van der Waals surface area contributed by atoms with Crippen LogP contribution < -0.4 is 5.32 Å². The summed E-state index contributed by atoms with van der Waals surface area (Å²) in [5.74, 6) is -0.297. The summed E-state index contributed by atoms with van der Waals surface area (Å²) in [6, 6.07) is 0.231. The number of carboxylic acids is 1. The van der Waals surface area contributed by atoms with Gasteiger partial charge in [0.05, 0.1) is 5.92 Å². The third-order valence-corrected chi connectivity index (χ3v) is 4.22. The fraction of sp³-hybridized carbons (Fsp3) is 0.923. The molecule has 92 valence electrons. The van der Waals surface area contributed by atoms with E-state index in [-0.39, 0.29) is 12.0 Å². The van der Waals surface area contributed by atoms with E-state index in [0.29, 0.717) is 5.92 Å². The Morgan fingerprint density at radius 1 is 1.06 bits per heavy atom. The Morgan fingerprint density at radius 3 is 2.31 bits per heavy atom. The van der Waals surface area contributed by atoms with Gasteiger partial charge in [0.1, 0.15) is 0 Å². The zero-order valence-electron chi connectivity index (χ0n) is 9.95. The molecule has 2 unspecified atom stereocenters. The first-order valence-electron chi connectivity index (χ1n) is 6.75. The molecular formula is C13H23NO2. The van der Waals surface area contributed by atoms with Gasteiger partial charge < -0.3 is 10.4 Å². The second-order valence-corrected chi connectivity index (χ2v) is 5.32. The van der Waals surface area contributed by atoms with Crippen LogP contribution in [0.25, 0.3) is 0 Å². The number of piperidine rings is 1. The number of hydrogen-bond acceptors (Lipinski definition) is 2. The van der Waals surface area contributed by atoms with Crippen molar-refractivity contribution in [3.8, 4) is 0 Å². The molecule has 1 aliphatic carbocycles. The van der Waals surface area contributed by atoms with Crippen molar-refractivity contribution in [1.29, 1.82) is 0 Å². The molecule has 2 atom stereocenters. The van der Waals surface area contributed by atoms with Crippen molar-refractivity contribution in [3.05, 3.63) is 0 Å². The summed E-state index contributed by atoms with van der Waals surface area (Å²) in [6.07, 6.45) is 9.42. The largest absolute Gasteiger partial charge is 0.481 e. The van der Waals surface area contributed by atoms with Crippen molar-refractivity contribution < 1.29 is 9.90 Å². The van der Waals surface area contributed by atoms with E-state index in [0.717, 1.165) is 25.8 Å². The lowest BCUT2D eigenvalue weighted by molar-refractivity contribution is -0.145. The molecule has 0 aromatic carbocycles. The van der Waals surface area contributed by atoms with E-state index in [4.69, 9.17) is 0 Å². The van der Waals surface area contributed by atoms with Crippen molar-refractivity contribution >= 4 is 5.97 Å². The number of carboxylic acid groups (broad SMARTS) is 1. The monoisotopic (exact) mass is 225 g/mol. The van der Waals surface area contributed by atoms with Gasteiger partial charge in [-0.1, -0.05) is 25.7 Å². The highest BCUT2D eigenvalue weighted by molar-refractivity contribution is 5.71. The van der Waals surface area contributed by atoms with E-state index >= 15 is 0 Å². The first-order chi connectivity index (χ1) is 7.79. The quantitative estimate of drug-likeness (QED) is 0.775. The lowest BCUT2D eigenvalue weighted by atomic mass is 9.75. The Bertz CT molecular complexity index is 212. The van der Waals surface area contributed by atoms with Crippen molar-refractivity contribution in [2.24, 2.45) is 11.8 Å². The normalized spacial score (nSPS) is 29.9. The molecule has 1 saturated carbocycles. The summed E-state index contributed by atoms with van der Waals surface area (Å²) in [5.41, 5.74) is 0. The topological polar surface area (TPSA) is 49.3 Å². The summed E-state index contributed by atoms with van der Waals surface area (Å²) in [4.78, 5) is 11.5. The van der Waals surface area contributed by atoms with Crippen LogP contribution in [0.4, 0.5) is 0 Å². The standard InChI is InChI=1S/C13H23NO2/c15-13(16)12(10-6-2-1-3-7-10)11-8-4-5-9-14-11/h10-12,14H,1-9H2,(H,15,16). The van der Waals surface area contributed by atoms with Gasteiger partial charge in [0.2, 0.25) is 0 Å². The zero-order chi connectivity index (χ0) is 11.4. The van der Waals surface area contributed by atoms with Crippen molar-refractivity contribution in [2.75, 3.05) is 6.54 Å². The molecule has 0 bridgehead atoms. The third-order valence-electron chi connectivity index (χ3n) is 4.22. The number of hydrogen-bond donors (Lipinski definition) is 2. The van der Waals surface area contributed by atoms with Gasteiger partial charge in [-0.05, 0) is 38.1 Å². The van der Waals surface area contributed by atoms with Crippen LogP contribution in [-0.2, 0) is 4.79 Å². The van der Waals surface area contributed by atoms with Gasteiger partial charge in [0.15, 0.2) is 0 Å². The first kappa shape index (κ1) is 11.9. The molecule has 0 radical (unpaired) electrons. The minimum atomic E-state index is -0.577. The second-order valence-electron chi connectivity index (χ2n) is 5.32. The van der Waals surface area contributed by atoms with Crippen LogP contribution in [0.15, 0.2) is 0 Å². The maximum Gasteiger partial charge on any atom is 0.308 e. The molecule has 1 aliphatic heterocycles. The highest BCUT2D eigenvalue weighted by Crippen LogP contribution is 2.33. The lowest BCUT2D eigenvalue weighted by Crippen LogP contribution is -2.46. The van der Waals surface area contributed by atoms with E-state index in [1.54, 1.807) is 0 Å². The van der Waals surface area contributed by atoms with Gasteiger partial charge in [-0.2, -0.15) is 0 Å². The van der Waals surface area contributed by atoms with E-state index in [9.17, 15) is 9.90 Å². The highest BCUT2D eigenvalue weighted by Gasteiger charge is 2.36. The van der Waals surface area contributed by atoms with Crippen molar-refractivity contribution in [1.82, 2.24) is 5.32 Å². The third kappa shape index (κ3) is 2.76. The van der Waals surface area contributed by atoms with E-state index < -0.39 is 5.97 Å². The minimum Gasteiger partial charge on any atom is -0.481 e. The Kier molecular flexibility index (Phi) is 4.22. The zero-order valence-corrected chi connectivity index (χ0v) is 9.95. The van der Waals surface area contributed by atoms with Crippen LogP contribution in [-0.4, -0.2) is 23.7 Å². The predicted octanol–water partition coefficient (Wildman–Crippen LogP) is 2.41. The van der Waals surface area contributed by atoms with Crippen LogP contribution in [0, 0.1) is 11.8 Å². The average Bonchev–Trinajstić information content (AvgIpc) is 2.31. The van der Waals surface area contributed by atoms with E-state index in [1.807, 2.05) is 0 Å². The Labute approximate surface area is 97.6 Å². The Hall–Kier alpha value is -0.570. The van der Waals surface area contributed by atoms with Crippen LogP contribution in [0.5, 0.6) is 0 Å². The molecule has 16 heavy (non-hydrogen) atoms. The van der Waals surface area contributed by atoms with Crippen LogP contribution in [0.3, 0.4) is 0 Å². The lowest BCUT2D eigenvalue weighted by Gasteiger charge is -2.35. The molecule has 0 spiro atoms. The van der Waals surface area contributed by atoms with Gasteiger partial charge in [-0.3, -0.25) is 4.79 Å². The molecule has 0 amide bonds. The Morgan fingerprint density at radius 2 is 1.75 bits per heavy atom. The molecule has 1 saturated heterocycles. The summed E-state index contributed by atoms with van der Waals surface area (Å²) in [6.45, 7) is 1.00. The maximum atomic E-state index is 11.5. The van der Waals surface area contributed by atoms with Gasteiger partial charge in [-0.25, -0.2) is 0 Å². The first-order valence-corrected chi connectivity index (χ1v) is 6.75. The fourth-order valence-corrected chi connectivity index (χ4v) is 3.38. The van der Waals surface area contributed by atoms with Gasteiger partial charge >= 0.3 is 5.97 Å². The number of aliphatic carboxylic acids is 1.